The van der Waals surface area contributed by atoms with Crippen LogP contribution in [0.3, 0.4) is 0 Å². The largest absolute Gasteiger partial charge is 0.485 e. The highest BCUT2D eigenvalue weighted by Crippen LogP contribution is 2.23. The second kappa shape index (κ2) is 6.29. The normalized spacial score (nSPS) is 10.4. The highest BCUT2D eigenvalue weighted by Gasteiger charge is 2.12. The lowest BCUT2D eigenvalue weighted by molar-refractivity contribution is 0.0921. The van der Waals surface area contributed by atoms with Gasteiger partial charge in [0, 0.05) is 10.6 Å². The molecule has 104 valence electrons. The fraction of sp³-hybridized carbons (Fsp3) is 0.188. The lowest BCUT2D eigenvalue weighted by Gasteiger charge is -2.10. The molecular weight excluding hydrogens is 295 g/mol. The zero-order valence-electron chi connectivity index (χ0n) is 11.2. The Morgan fingerprint density at radius 1 is 1.10 bits per heavy atom. The van der Waals surface area contributed by atoms with E-state index in [-0.39, 0.29) is 12.4 Å². The van der Waals surface area contributed by atoms with Crippen LogP contribution >= 0.6 is 23.2 Å². The molecule has 2 rings (SSSR count). The van der Waals surface area contributed by atoms with Gasteiger partial charge in [-0.05, 0) is 49.2 Å². The van der Waals surface area contributed by atoms with Crippen molar-refractivity contribution >= 4 is 29.0 Å². The number of halogens is 2. The van der Waals surface area contributed by atoms with Gasteiger partial charge in [-0.1, -0.05) is 35.3 Å². The Labute approximate surface area is 128 Å². The van der Waals surface area contributed by atoms with Gasteiger partial charge in [0.25, 0.3) is 0 Å². The summed E-state index contributed by atoms with van der Waals surface area (Å²) in [5, 5.41) is 0.842. The molecule has 0 saturated heterocycles. The number of ether oxygens (including phenoxy) is 1. The number of carbonyl (C=O) groups is 1. The Morgan fingerprint density at radius 3 is 2.55 bits per heavy atom. The van der Waals surface area contributed by atoms with E-state index >= 15 is 0 Å². The molecule has 0 saturated carbocycles. The molecule has 20 heavy (non-hydrogen) atoms. The van der Waals surface area contributed by atoms with Crippen LogP contribution in [0.25, 0.3) is 0 Å². The van der Waals surface area contributed by atoms with Crippen molar-refractivity contribution in [3.05, 3.63) is 63.1 Å². The first-order valence-electron chi connectivity index (χ1n) is 6.15. The molecule has 0 atom stereocenters. The smallest absolute Gasteiger partial charge is 0.201 e. The minimum absolute atomic E-state index is 0.0500. The van der Waals surface area contributed by atoms with Crippen LogP contribution in [-0.2, 0) is 0 Å². The molecule has 0 unspecified atom stereocenters. The monoisotopic (exact) mass is 308 g/mol. The molecule has 2 nitrogen and oxygen atoms in total. The third kappa shape index (κ3) is 3.53. The van der Waals surface area contributed by atoms with Crippen LogP contribution in [-0.4, -0.2) is 12.4 Å². The summed E-state index contributed by atoms with van der Waals surface area (Å²) in [5.41, 5.74) is 2.49. The summed E-state index contributed by atoms with van der Waals surface area (Å²) in [6.45, 7) is 3.87. The maximum atomic E-state index is 12.1. The number of hydrogen-bond acceptors (Lipinski definition) is 2. The lowest BCUT2D eigenvalue weighted by atomic mass is 10.1. The summed E-state index contributed by atoms with van der Waals surface area (Å²) in [6.07, 6.45) is 0. The fourth-order valence-corrected chi connectivity index (χ4v) is 2.31. The Bertz CT molecular complexity index is 651. The van der Waals surface area contributed by atoms with Gasteiger partial charge in [0.15, 0.2) is 6.61 Å². The van der Waals surface area contributed by atoms with Gasteiger partial charge in [0.1, 0.15) is 5.75 Å². The second-order valence-corrected chi connectivity index (χ2v) is 5.45. The minimum atomic E-state index is -0.174. The first-order chi connectivity index (χ1) is 9.47. The molecule has 0 heterocycles. The van der Waals surface area contributed by atoms with Gasteiger partial charge in [-0.15, -0.1) is 0 Å². The van der Waals surface area contributed by atoms with Crippen LogP contribution in [0, 0.1) is 13.8 Å². The number of benzene rings is 2. The Hall–Kier alpha value is -1.51. The molecule has 0 radical (unpaired) electrons. The van der Waals surface area contributed by atoms with Crippen molar-refractivity contribution in [2.75, 3.05) is 6.61 Å². The van der Waals surface area contributed by atoms with Crippen molar-refractivity contribution in [2.24, 2.45) is 0 Å². The molecule has 0 bridgehead atoms. The molecule has 0 amide bonds. The van der Waals surface area contributed by atoms with Crippen LogP contribution in [0.15, 0.2) is 36.4 Å². The van der Waals surface area contributed by atoms with Crippen molar-refractivity contribution < 1.29 is 9.53 Å². The van der Waals surface area contributed by atoms with E-state index < -0.39 is 0 Å². The molecule has 0 aromatic heterocycles. The van der Waals surface area contributed by atoms with Crippen molar-refractivity contribution in [3.8, 4) is 5.75 Å². The summed E-state index contributed by atoms with van der Waals surface area (Å²) in [5.74, 6) is 0.538. The topological polar surface area (TPSA) is 26.3 Å². The third-order valence-corrected chi connectivity index (χ3v) is 3.48. The predicted molar refractivity (Wildman–Crippen MR) is 82.2 cm³/mol. The Morgan fingerprint density at radius 2 is 1.85 bits per heavy atom. The zero-order chi connectivity index (χ0) is 14.7. The lowest BCUT2D eigenvalue weighted by Crippen LogP contribution is -2.12. The van der Waals surface area contributed by atoms with Gasteiger partial charge in [-0.25, -0.2) is 0 Å². The molecule has 0 fully saturated rings. The summed E-state index contributed by atoms with van der Waals surface area (Å²) in [4.78, 5) is 12.1. The Kier molecular flexibility index (Phi) is 4.69. The molecule has 0 spiro atoms. The molecule has 0 aliphatic rings. The molecule has 0 N–H and O–H groups in total. The van der Waals surface area contributed by atoms with E-state index in [0.29, 0.717) is 21.4 Å². The standard InChI is InChI=1S/C16H14Cl2O2/c1-10-3-4-11(2)16(7-10)20-9-15(19)13-6-5-12(17)8-14(13)18/h3-8H,9H2,1-2H3. The second-order valence-electron chi connectivity index (χ2n) is 4.60. The first-order valence-corrected chi connectivity index (χ1v) is 6.91. The van der Waals surface area contributed by atoms with Crippen LogP contribution in [0.5, 0.6) is 5.75 Å². The molecular formula is C16H14Cl2O2. The number of aryl methyl sites for hydroxylation is 2. The van der Waals surface area contributed by atoms with Crippen LogP contribution < -0.4 is 4.74 Å². The van der Waals surface area contributed by atoms with Gasteiger partial charge < -0.3 is 4.74 Å². The number of carbonyl (C=O) groups excluding carboxylic acids is 1. The van der Waals surface area contributed by atoms with E-state index in [9.17, 15) is 4.79 Å². The van der Waals surface area contributed by atoms with Gasteiger partial charge in [0.2, 0.25) is 5.78 Å². The van der Waals surface area contributed by atoms with Crippen molar-refractivity contribution in [1.82, 2.24) is 0 Å². The van der Waals surface area contributed by atoms with Gasteiger partial charge in [0.05, 0.1) is 5.02 Å². The van der Waals surface area contributed by atoms with Crippen LogP contribution in [0.2, 0.25) is 10.0 Å². The minimum Gasteiger partial charge on any atom is -0.485 e. The van der Waals surface area contributed by atoms with Crippen LogP contribution in [0.1, 0.15) is 21.5 Å². The quantitative estimate of drug-likeness (QED) is 0.753. The van der Waals surface area contributed by atoms with E-state index in [2.05, 4.69) is 0 Å². The van der Waals surface area contributed by atoms with E-state index in [1.807, 2.05) is 32.0 Å². The van der Waals surface area contributed by atoms with Gasteiger partial charge in [-0.2, -0.15) is 0 Å². The summed E-state index contributed by atoms with van der Waals surface area (Å²) >= 11 is 11.8. The number of ketones is 1. The third-order valence-electron chi connectivity index (χ3n) is 2.93. The average Bonchev–Trinajstić information content (AvgIpc) is 2.39. The zero-order valence-corrected chi connectivity index (χ0v) is 12.8. The highest BCUT2D eigenvalue weighted by atomic mass is 35.5. The first kappa shape index (κ1) is 14.9. The maximum absolute atomic E-state index is 12.1. The van der Waals surface area contributed by atoms with Gasteiger partial charge in [-0.3, -0.25) is 4.79 Å². The van der Waals surface area contributed by atoms with Gasteiger partial charge >= 0.3 is 0 Å². The average molecular weight is 309 g/mol. The van der Waals surface area contributed by atoms with E-state index in [1.54, 1.807) is 18.2 Å². The number of rotatable bonds is 4. The van der Waals surface area contributed by atoms with E-state index in [0.717, 1.165) is 11.1 Å². The fourth-order valence-electron chi connectivity index (χ4n) is 1.80. The van der Waals surface area contributed by atoms with E-state index in [1.165, 1.54) is 0 Å². The highest BCUT2D eigenvalue weighted by molar-refractivity contribution is 6.36. The maximum Gasteiger partial charge on any atom is 0.201 e. The Balaban J connectivity index is 2.10. The molecule has 4 heteroatoms. The van der Waals surface area contributed by atoms with Crippen molar-refractivity contribution in [2.45, 2.75) is 13.8 Å². The SMILES string of the molecule is Cc1ccc(C)c(OCC(=O)c2ccc(Cl)cc2Cl)c1. The predicted octanol–water partition coefficient (Wildman–Crippen LogP) is 4.87. The van der Waals surface area contributed by atoms with E-state index in [4.69, 9.17) is 27.9 Å². The van der Waals surface area contributed by atoms with Crippen molar-refractivity contribution in [1.29, 1.82) is 0 Å². The molecule has 0 aliphatic carbocycles. The van der Waals surface area contributed by atoms with Crippen molar-refractivity contribution in [3.63, 3.8) is 0 Å². The number of hydrogen-bond donors (Lipinski definition) is 0. The summed E-state index contributed by atoms with van der Waals surface area (Å²) in [6, 6.07) is 10.7. The number of Topliss-reactive ketones (excluding diaryl/α,β-unsaturated/α-hetero) is 1. The molecule has 0 aliphatic heterocycles. The summed E-state index contributed by atoms with van der Waals surface area (Å²) < 4.78 is 5.58. The summed E-state index contributed by atoms with van der Waals surface area (Å²) in [7, 11) is 0. The molecule has 2 aromatic carbocycles. The van der Waals surface area contributed by atoms with Crippen LogP contribution in [0.4, 0.5) is 0 Å². The molecule has 2 aromatic rings.